The molecule has 1 aliphatic rings. The van der Waals surface area contributed by atoms with Crippen molar-refractivity contribution in [2.75, 3.05) is 0 Å². The molecule has 166 valence electrons. The molecule has 1 saturated carbocycles. The Morgan fingerprint density at radius 1 is 1.03 bits per heavy atom. The van der Waals surface area contributed by atoms with Crippen LogP contribution >= 0.6 is 11.3 Å². The lowest BCUT2D eigenvalue weighted by Gasteiger charge is -2.38. The number of thiazole rings is 1. The quantitative estimate of drug-likeness (QED) is 0.393. The number of carboxylic acid groups (broad SMARTS) is 1. The Morgan fingerprint density at radius 3 is 2.52 bits per heavy atom. The van der Waals surface area contributed by atoms with Crippen LogP contribution in [0.3, 0.4) is 0 Å². The van der Waals surface area contributed by atoms with E-state index < -0.39 is 17.4 Å². The van der Waals surface area contributed by atoms with E-state index in [0.29, 0.717) is 24.2 Å². The first kappa shape index (κ1) is 21.2. The van der Waals surface area contributed by atoms with Crippen LogP contribution in [-0.4, -0.2) is 27.5 Å². The minimum atomic E-state index is -1.19. The van der Waals surface area contributed by atoms with E-state index in [4.69, 9.17) is 4.74 Å². The number of carbonyl (C=O) groups excluding carboxylic acids is 1. The third-order valence-electron chi connectivity index (χ3n) is 6.03. The summed E-state index contributed by atoms with van der Waals surface area (Å²) in [5, 5.41) is 16.9. The Labute approximate surface area is 194 Å². The Bertz CT molecular complexity index is 1330. The predicted octanol–water partition coefficient (Wildman–Crippen LogP) is 5.28. The van der Waals surface area contributed by atoms with Gasteiger partial charge >= 0.3 is 5.97 Å². The molecule has 1 aliphatic carbocycles. The number of carboxylic acids is 1. The molecule has 0 atom stereocenters. The first-order valence-corrected chi connectivity index (χ1v) is 11.6. The summed E-state index contributed by atoms with van der Waals surface area (Å²) in [6, 6.07) is 21.1. The third kappa shape index (κ3) is 4.07. The number of rotatable bonds is 7. The van der Waals surface area contributed by atoms with E-state index in [1.165, 1.54) is 11.3 Å². The number of aliphatic carboxylic acids is 1. The van der Waals surface area contributed by atoms with Crippen molar-refractivity contribution in [1.82, 2.24) is 10.3 Å². The van der Waals surface area contributed by atoms with Crippen molar-refractivity contribution < 1.29 is 19.4 Å². The van der Waals surface area contributed by atoms with Crippen LogP contribution in [0.2, 0.25) is 0 Å². The van der Waals surface area contributed by atoms with Crippen LogP contribution in [0.25, 0.3) is 21.3 Å². The molecule has 3 aromatic carbocycles. The summed E-state index contributed by atoms with van der Waals surface area (Å²) in [5.74, 6) is -1.01. The maximum atomic E-state index is 13.2. The van der Waals surface area contributed by atoms with Gasteiger partial charge < -0.3 is 15.2 Å². The molecule has 1 heterocycles. The van der Waals surface area contributed by atoms with Crippen molar-refractivity contribution in [1.29, 1.82) is 0 Å². The molecule has 33 heavy (non-hydrogen) atoms. The van der Waals surface area contributed by atoms with Crippen LogP contribution in [0, 0.1) is 0 Å². The monoisotopic (exact) mass is 458 g/mol. The van der Waals surface area contributed by atoms with Crippen molar-refractivity contribution in [3.8, 4) is 16.3 Å². The summed E-state index contributed by atoms with van der Waals surface area (Å²) >= 11 is 1.54. The molecular weight excluding hydrogens is 436 g/mol. The van der Waals surface area contributed by atoms with Crippen molar-refractivity contribution in [3.63, 3.8) is 0 Å². The van der Waals surface area contributed by atoms with Crippen molar-refractivity contribution in [2.45, 2.75) is 31.4 Å². The number of amides is 1. The fourth-order valence-electron chi connectivity index (χ4n) is 4.02. The van der Waals surface area contributed by atoms with Gasteiger partial charge in [0.05, 0.1) is 11.3 Å². The summed E-state index contributed by atoms with van der Waals surface area (Å²) < 4.78 is 6.17. The minimum Gasteiger partial charge on any atom is -0.486 e. The van der Waals surface area contributed by atoms with Gasteiger partial charge in [0.15, 0.2) is 0 Å². The first-order valence-electron chi connectivity index (χ1n) is 10.8. The summed E-state index contributed by atoms with van der Waals surface area (Å²) in [4.78, 5) is 29.6. The average Bonchev–Trinajstić information content (AvgIpc) is 3.29. The molecule has 0 spiro atoms. The van der Waals surface area contributed by atoms with E-state index in [2.05, 4.69) is 10.3 Å². The number of ether oxygens (including phenoxy) is 1. The van der Waals surface area contributed by atoms with Crippen LogP contribution in [0.15, 0.2) is 72.1 Å². The standard InChI is InChI=1S/C26H22N2O4S/c29-23(28-26(25(30)31)13-6-14-26)21-12-11-17-7-4-5-10-20(17)22(21)32-15-19-16-33-24(27-19)18-8-2-1-3-9-18/h1-5,7-12,16H,6,13-15H2,(H,28,29)(H,30,31). The largest absolute Gasteiger partial charge is 0.486 e. The van der Waals surface area contributed by atoms with E-state index in [9.17, 15) is 14.7 Å². The summed E-state index contributed by atoms with van der Waals surface area (Å²) in [6.07, 6.45) is 1.64. The van der Waals surface area contributed by atoms with Crippen LogP contribution in [0.5, 0.6) is 5.75 Å². The number of benzene rings is 3. The highest BCUT2D eigenvalue weighted by atomic mass is 32.1. The zero-order valence-corrected chi connectivity index (χ0v) is 18.6. The van der Waals surface area contributed by atoms with Crippen LogP contribution < -0.4 is 10.1 Å². The summed E-state index contributed by atoms with van der Waals surface area (Å²) in [5.41, 5.74) is 0.928. The molecular formula is C26H22N2O4S. The maximum Gasteiger partial charge on any atom is 0.329 e. The van der Waals surface area contributed by atoms with Gasteiger partial charge in [0.1, 0.15) is 22.9 Å². The second-order valence-corrected chi connectivity index (χ2v) is 9.02. The van der Waals surface area contributed by atoms with Gasteiger partial charge in [-0.25, -0.2) is 9.78 Å². The lowest BCUT2D eigenvalue weighted by atomic mass is 9.76. The van der Waals surface area contributed by atoms with Gasteiger partial charge in [-0.15, -0.1) is 11.3 Å². The molecule has 5 rings (SSSR count). The van der Waals surface area contributed by atoms with E-state index in [1.54, 1.807) is 6.07 Å². The SMILES string of the molecule is O=C(NC1(C(=O)O)CCC1)c1ccc2ccccc2c1OCc1csc(-c2ccccc2)n1. The molecule has 0 saturated heterocycles. The number of nitrogens with one attached hydrogen (secondary N) is 1. The number of nitrogens with zero attached hydrogens (tertiary/aromatic N) is 1. The van der Waals surface area contributed by atoms with Gasteiger partial charge in [0.25, 0.3) is 5.91 Å². The molecule has 2 N–H and O–H groups in total. The summed E-state index contributed by atoms with van der Waals surface area (Å²) in [6.45, 7) is 0.196. The van der Waals surface area contributed by atoms with Crippen molar-refractivity contribution in [3.05, 3.63) is 83.4 Å². The molecule has 0 aliphatic heterocycles. The van der Waals surface area contributed by atoms with Crippen molar-refractivity contribution >= 4 is 34.0 Å². The van der Waals surface area contributed by atoms with Crippen molar-refractivity contribution in [2.24, 2.45) is 0 Å². The second-order valence-electron chi connectivity index (χ2n) is 8.16. The molecule has 0 unspecified atom stereocenters. The Hall–Kier alpha value is -3.71. The number of hydrogen-bond donors (Lipinski definition) is 2. The zero-order valence-electron chi connectivity index (χ0n) is 17.8. The Morgan fingerprint density at radius 2 is 1.79 bits per heavy atom. The fraction of sp³-hybridized carbons (Fsp3) is 0.192. The molecule has 4 aromatic rings. The molecule has 1 aromatic heterocycles. The number of fused-ring (bicyclic) bond motifs is 1. The highest BCUT2D eigenvalue weighted by molar-refractivity contribution is 7.13. The average molecular weight is 459 g/mol. The predicted molar refractivity (Wildman–Crippen MR) is 128 cm³/mol. The Kier molecular flexibility index (Phi) is 5.56. The second kappa shape index (κ2) is 8.67. The van der Waals surface area contributed by atoms with Gasteiger partial charge in [-0.3, -0.25) is 4.79 Å². The lowest BCUT2D eigenvalue weighted by molar-refractivity contribution is -0.148. The van der Waals surface area contributed by atoms with Gasteiger partial charge in [-0.2, -0.15) is 0 Å². The number of carbonyl (C=O) groups is 2. The van der Waals surface area contributed by atoms with Gasteiger partial charge in [0.2, 0.25) is 0 Å². The molecule has 0 bridgehead atoms. The normalized spacial score (nSPS) is 14.4. The van der Waals surface area contributed by atoms with Gasteiger partial charge in [0, 0.05) is 16.3 Å². The van der Waals surface area contributed by atoms with E-state index in [1.807, 2.05) is 66.0 Å². The molecule has 7 heteroatoms. The zero-order chi connectivity index (χ0) is 22.8. The van der Waals surface area contributed by atoms with Gasteiger partial charge in [-0.05, 0) is 30.7 Å². The number of hydrogen-bond acceptors (Lipinski definition) is 5. The molecule has 0 radical (unpaired) electrons. The number of aromatic nitrogens is 1. The Balaban J connectivity index is 1.44. The molecule has 1 amide bonds. The van der Waals surface area contributed by atoms with E-state index in [0.717, 1.165) is 33.5 Å². The fourth-order valence-corrected chi connectivity index (χ4v) is 4.83. The van der Waals surface area contributed by atoms with Crippen LogP contribution in [0.1, 0.15) is 35.3 Å². The highest BCUT2D eigenvalue weighted by Crippen LogP contribution is 2.35. The van der Waals surface area contributed by atoms with Crippen LogP contribution in [-0.2, 0) is 11.4 Å². The topological polar surface area (TPSA) is 88.5 Å². The third-order valence-corrected chi connectivity index (χ3v) is 6.97. The minimum absolute atomic E-state index is 0.196. The van der Waals surface area contributed by atoms with Gasteiger partial charge in [-0.1, -0.05) is 60.7 Å². The van der Waals surface area contributed by atoms with Crippen LogP contribution in [0.4, 0.5) is 0 Å². The van der Waals surface area contributed by atoms with E-state index in [-0.39, 0.29) is 6.61 Å². The lowest BCUT2D eigenvalue weighted by Crippen LogP contribution is -2.59. The highest BCUT2D eigenvalue weighted by Gasteiger charge is 2.46. The summed E-state index contributed by atoms with van der Waals surface area (Å²) in [7, 11) is 0. The van der Waals surface area contributed by atoms with E-state index >= 15 is 0 Å². The molecule has 6 nitrogen and oxygen atoms in total. The molecule has 1 fully saturated rings. The smallest absolute Gasteiger partial charge is 0.329 e. The first-order chi connectivity index (χ1) is 16.1. The maximum absolute atomic E-state index is 13.2.